The molecule has 0 fully saturated rings. The molecule has 9 heteroatoms. The van der Waals surface area contributed by atoms with E-state index in [-0.39, 0.29) is 25.5 Å². The second-order valence-electron chi connectivity index (χ2n) is 6.69. The third kappa shape index (κ3) is 5.31. The molecule has 3 rings (SSSR count). The largest absolute Gasteiger partial charge is 0.484 e. The number of imidazole rings is 1. The summed E-state index contributed by atoms with van der Waals surface area (Å²) in [6.07, 6.45) is 0. The predicted octanol–water partition coefficient (Wildman–Crippen LogP) is 2.85. The molecule has 0 radical (unpaired) electrons. The van der Waals surface area contributed by atoms with E-state index in [1.807, 2.05) is 6.07 Å². The van der Waals surface area contributed by atoms with Crippen molar-refractivity contribution in [2.75, 3.05) is 19.7 Å². The summed E-state index contributed by atoms with van der Waals surface area (Å²) in [4.78, 5) is 28.1. The minimum atomic E-state index is -2.74. The first kappa shape index (κ1) is 21.2. The number of hydrogen-bond donors (Lipinski definition) is 2. The zero-order chi connectivity index (χ0) is 21.5. The zero-order valence-corrected chi connectivity index (χ0v) is 16.3. The maximum Gasteiger partial charge on any atom is 0.320 e. The van der Waals surface area contributed by atoms with Crippen molar-refractivity contribution in [2.24, 2.45) is 0 Å². The number of ether oxygens (including phenoxy) is 1. The van der Waals surface area contributed by atoms with Gasteiger partial charge in [-0.1, -0.05) is 37.3 Å². The fraction of sp³-hybridized carbons (Fsp3) is 0.286. The molecule has 3 aromatic rings. The minimum Gasteiger partial charge on any atom is -0.484 e. The molecule has 0 aliphatic carbocycles. The van der Waals surface area contributed by atoms with Crippen molar-refractivity contribution in [3.63, 3.8) is 0 Å². The molecule has 2 N–H and O–H groups in total. The molecule has 30 heavy (non-hydrogen) atoms. The number of aromatic nitrogens is 2. The Bertz CT molecular complexity index is 1010. The van der Waals surface area contributed by atoms with Crippen LogP contribution in [0.2, 0.25) is 0 Å². The summed E-state index contributed by atoms with van der Waals surface area (Å²) in [7, 11) is 0. The van der Waals surface area contributed by atoms with Crippen LogP contribution < -0.4 is 15.4 Å². The van der Waals surface area contributed by atoms with Crippen LogP contribution >= 0.6 is 0 Å². The predicted molar refractivity (Wildman–Crippen MR) is 107 cm³/mol. The van der Waals surface area contributed by atoms with Crippen molar-refractivity contribution in [2.45, 2.75) is 19.4 Å². The van der Waals surface area contributed by atoms with Gasteiger partial charge in [-0.25, -0.2) is 4.98 Å². The van der Waals surface area contributed by atoms with Gasteiger partial charge in [-0.2, -0.15) is 8.78 Å². The quantitative estimate of drug-likeness (QED) is 0.562. The number of carbonyl (C=O) groups excluding carboxylic acids is 2. The smallest absolute Gasteiger partial charge is 0.320 e. The molecule has 1 heterocycles. The maximum absolute atomic E-state index is 13.5. The Balaban J connectivity index is 1.48. The lowest BCUT2D eigenvalue weighted by Gasteiger charge is -2.15. The van der Waals surface area contributed by atoms with Crippen molar-refractivity contribution >= 4 is 22.8 Å². The molecule has 1 aromatic heterocycles. The molecule has 0 saturated heterocycles. The fourth-order valence-electron chi connectivity index (χ4n) is 2.93. The Kier molecular flexibility index (Phi) is 6.95. The van der Waals surface area contributed by atoms with Gasteiger partial charge < -0.3 is 15.4 Å². The van der Waals surface area contributed by atoms with Gasteiger partial charge in [0.2, 0.25) is 5.91 Å². The highest BCUT2D eigenvalue weighted by molar-refractivity contribution is 5.85. The van der Waals surface area contributed by atoms with Crippen LogP contribution in [0.5, 0.6) is 5.75 Å². The maximum atomic E-state index is 13.5. The summed E-state index contributed by atoms with van der Waals surface area (Å²) in [6.45, 7) is -1.40. The molecular weight excluding hydrogens is 394 g/mol. The van der Waals surface area contributed by atoms with E-state index in [1.54, 1.807) is 55.5 Å². The Morgan fingerprint density at radius 3 is 2.47 bits per heavy atom. The molecule has 2 amide bonds. The molecule has 0 aliphatic heterocycles. The summed E-state index contributed by atoms with van der Waals surface area (Å²) < 4.78 is 33.2. The lowest BCUT2D eigenvalue weighted by atomic mass is 10.1. The first-order valence-corrected chi connectivity index (χ1v) is 9.42. The molecule has 0 bridgehead atoms. The van der Waals surface area contributed by atoms with E-state index in [0.717, 1.165) is 4.57 Å². The van der Waals surface area contributed by atoms with E-state index >= 15 is 0 Å². The first-order valence-electron chi connectivity index (χ1n) is 9.42. The highest BCUT2D eigenvalue weighted by Crippen LogP contribution is 2.27. The molecule has 2 aromatic carbocycles. The van der Waals surface area contributed by atoms with E-state index in [2.05, 4.69) is 15.6 Å². The summed E-state index contributed by atoms with van der Waals surface area (Å²) in [5.41, 5.74) is 0.808. The van der Waals surface area contributed by atoms with Gasteiger partial charge >= 0.3 is 6.55 Å². The third-order valence-corrected chi connectivity index (χ3v) is 4.42. The van der Waals surface area contributed by atoms with Gasteiger partial charge in [0.25, 0.3) is 5.91 Å². The van der Waals surface area contributed by atoms with Crippen LogP contribution in [0.25, 0.3) is 11.0 Å². The average Bonchev–Trinajstić information content (AvgIpc) is 3.15. The second kappa shape index (κ2) is 9.82. The number of alkyl halides is 2. The topological polar surface area (TPSA) is 85.2 Å². The van der Waals surface area contributed by atoms with Crippen LogP contribution in [-0.2, 0) is 9.59 Å². The highest BCUT2D eigenvalue weighted by atomic mass is 19.3. The Morgan fingerprint density at radius 2 is 1.73 bits per heavy atom. The van der Waals surface area contributed by atoms with E-state index < -0.39 is 24.3 Å². The summed E-state index contributed by atoms with van der Waals surface area (Å²) in [6, 6.07) is 15.5. The molecule has 158 valence electrons. The Morgan fingerprint density at radius 1 is 1.03 bits per heavy atom. The normalized spacial score (nSPS) is 12.0. The van der Waals surface area contributed by atoms with Crippen LogP contribution in [0.3, 0.4) is 0 Å². The van der Waals surface area contributed by atoms with E-state index in [9.17, 15) is 18.4 Å². The lowest BCUT2D eigenvalue weighted by molar-refractivity contribution is -0.127. The zero-order valence-electron chi connectivity index (χ0n) is 16.3. The van der Waals surface area contributed by atoms with E-state index in [4.69, 9.17) is 4.74 Å². The fourth-order valence-corrected chi connectivity index (χ4v) is 2.93. The van der Waals surface area contributed by atoms with Crippen LogP contribution in [0.4, 0.5) is 8.78 Å². The molecular formula is C21H22F2N4O3. The van der Waals surface area contributed by atoms with Crippen LogP contribution in [-0.4, -0.2) is 41.1 Å². The van der Waals surface area contributed by atoms with Crippen molar-refractivity contribution in [1.29, 1.82) is 0 Å². The van der Waals surface area contributed by atoms with Crippen molar-refractivity contribution in [3.05, 3.63) is 60.4 Å². The first-order chi connectivity index (χ1) is 14.5. The minimum absolute atomic E-state index is 0.102. The van der Waals surface area contributed by atoms with Gasteiger partial charge in [-0.3, -0.25) is 14.2 Å². The van der Waals surface area contributed by atoms with Crippen molar-refractivity contribution in [3.8, 4) is 5.75 Å². The summed E-state index contributed by atoms with van der Waals surface area (Å²) in [5.74, 6) is -0.594. The van der Waals surface area contributed by atoms with Crippen molar-refractivity contribution in [1.82, 2.24) is 20.2 Å². The average molecular weight is 416 g/mol. The van der Waals surface area contributed by atoms with Crippen LogP contribution in [0.1, 0.15) is 25.2 Å². The van der Waals surface area contributed by atoms with Gasteiger partial charge in [-0.15, -0.1) is 0 Å². The second-order valence-corrected chi connectivity index (χ2v) is 6.69. The number of halogens is 2. The van der Waals surface area contributed by atoms with Crippen LogP contribution in [0.15, 0.2) is 54.6 Å². The monoisotopic (exact) mass is 416 g/mol. The van der Waals surface area contributed by atoms with Gasteiger partial charge in [-0.05, 0) is 24.3 Å². The summed E-state index contributed by atoms with van der Waals surface area (Å²) in [5, 5.41) is 5.08. The van der Waals surface area contributed by atoms with E-state index in [1.165, 1.54) is 0 Å². The Hall–Kier alpha value is -3.49. The molecule has 1 atom stereocenters. The molecule has 0 aliphatic rings. The number of hydrogen-bond acceptors (Lipinski definition) is 4. The number of nitrogens with zero attached hydrogens (tertiary/aromatic N) is 2. The highest BCUT2D eigenvalue weighted by Gasteiger charge is 2.22. The standard InChI is InChI=1S/C21H22F2N4O3/c1-14(20-26-16-9-5-6-10-17(16)27(20)21(22)23)11-24-18(28)12-25-19(29)13-30-15-7-3-2-4-8-15/h2-10,14,21H,11-13H2,1H3,(H,24,28)(H,25,29)/t14-/m0/s1. The molecule has 0 unspecified atom stereocenters. The van der Waals surface area contributed by atoms with Gasteiger partial charge in [0.1, 0.15) is 11.6 Å². The third-order valence-electron chi connectivity index (χ3n) is 4.42. The van der Waals surface area contributed by atoms with Gasteiger partial charge in [0, 0.05) is 12.5 Å². The van der Waals surface area contributed by atoms with E-state index in [0.29, 0.717) is 16.8 Å². The molecule has 7 nitrogen and oxygen atoms in total. The van der Waals surface area contributed by atoms with Gasteiger partial charge in [0.15, 0.2) is 6.61 Å². The van der Waals surface area contributed by atoms with Crippen molar-refractivity contribution < 1.29 is 23.1 Å². The molecule has 0 spiro atoms. The van der Waals surface area contributed by atoms with Crippen LogP contribution in [0, 0.1) is 0 Å². The number of benzene rings is 2. The summed E-state index contributed by atoms with van der Waals surface area (Å²) >= 11 is 0. The number of rotatable bonds is 9. The lowest BCUT2D eigenvalue weighted by Crippen LogP contribution is -2.40. The van der Waals surface area contributed by atoms with Gasteiger partial charge in [0.05, 0.1) is 17.6 Å². The number of fused-ring (bicyclic) bond motifs is 1. The number of para-hydroxylation sites is 3. The number of nitrogens with one attached hydrogen (secondary N) is 2. The number of amides is 2. The SMILES string of the molecule is C[C@@H](CNC(=O)CNC(=O)COc1ccccc1)c1nc2ccccc2n1C(F)F. The Labute approximate surface area is 172 Å². The molecule has 0 saturated carbocycles. The number of carbonyl (C=O) groups is 2.